The molecule has 0 bridgehead atoms. The van der Waals surface area contributed by atoms with Crippen LogP contribution in [0.4, 0.5) is 4.39 Å². The van der Waals surface area contributed by atoms with E-state index < -0.39 is 0 Å². The molecule has 2 aliphatic heterocycles. The van der Waals surface area contributed by atoms with Gasteiger partial charge in [0.15, 0.2) is 18.5 Å². The lowest BCUT2D eigenvalue weighted by molar-refractivity contribution is -0.0172. The molecule has 0 spiro atoms. The lowest BCUT2D eigenvalue weighted by Crippen LogP contribution is -2.53. The summed E-state index contributed by atoms with van der Waals surface area (Å²) in [6.07, 6.45) is 2.07. The summed E-state index contributed by atoms with van der Waals surface area (Å²) in [6, 6.07) is 6.36. The highest BCUT2D eigenvalue weighted by atomic mass is 127. The summed E-state index contributed by atoms with van der Waals surface area (Å²) in [6.45, 7) is 6.31. The van der Waals surface area contributed by atoms with Gasteiger partial charge in [-0.2, -0.15) is 0 Å². The summed E-state index contributed by atoms with van der Waals surface area (Å²) in [5, 5.41) is 3.31. The fourth-order valence-corrected chi connectivity index (χ4v) is 3.83. The summed E-state index contributed by atoms with van der Waals surface area (Å²) in [4.78, 5) is 21.1. The maximum atomic E-state index is 13.9. The van der Waals surface area contributed by atoms with E-state index in [4.69, 9.17) is 18.9 Å². The third kappa shape index (κ3) is 5.71. The molecule has 1 N–H and O–H groups in total. The van der Waals surface area contributed by atoms with Crippen molar-refractivity contribution < 1.29 is 23.1 Å². The Morgan fingerprint density at radius 2 is 2.00 bits per heavy atom. The topological polar surface area (TPSA) is 79.5 Å². The lowest BCUT2D eigenvalue weighted by Gasteiger charge is -2.36. The lowest BCUT2D eigenvalue weighted by atomic mass is 10.1. The van der Waals surface area contributed by atoms with Crippen molar-refractivity contribution >= 4 is 35.8 Å². The minimum atomic E-state index is -0.295. The Morgan fingerprint density at radius 3 is 2.72 bits per heavy atom. The molecule has 32 heavy (non-hydrogen) atoms. The zero-order valence-electron chi connectivity index (χ0n) is 18.0. The summed E-state index contributed by atoms with van der Waals surface area (Å²) in [5.41, 5.74) is 1.53. The number of furan rings is 1. The predicted molar refractivity (Wildman–Crippen MR) is 128 cm³/mol. The van der Waals surface area contributed by atoms with E-state index in [1.54, 1.807) is 17.0 Å². The van der Waals surface area contributed by atoms with Crippen LogP contribution in [-0.4, -0.2) is 67.7 Å². The van der Waals surface area contributed by atoms with E-state index in [0.29, 0.717) is 57.3 Å². The highest BCUT2D eigenvalue weighted by Gasteiger charge is 2.25. The van der Waals surface area contributed by atoms with Gasteiger partial charge in [-0.15, -0.1) is 24.0 Å². The van der Waals surface area contributed by atoms with Crippen molar-refractivity contribution in [3.8, 4) is 5.75 Å². The van der Waals surface area contributed by atoms with E-state index in [1.165, 1.54) is 18.4 Å². The Kier molecular flexibility index (Phi) is 8.74. The number of hydrogen-bond donors (Lipinski definition) is 1. The number of rotatable bonds is 5. The van der Waals surface area contributed by atoms with Crippen molar-refractivity contribution in [1.29, 1.82) is 0 Å². The van der Waals surface area contributed by atoms with Gasteiger partial charge in [0, 0.05) is 44.8 Å². The Balaban J connectivity index is 0.00000289. The van der Waals surface area contributed by atoms with Crippen molar-refractivity contribution in [3.63, 3.8) is 0 Å². The van der Waals surface area contributed by atoms with Crippen molar-refractivity contribution in [1.82, 2.24) is 15.1 Å². The number of carbonyl (C=O) groups excluding carboxylic acids is 1. The number of guanidine groups is 1. The maximum Gasteiger partial charge on any atom is 0.289 e. The van der Waals surface area contributed by atoms with Gasteiger partial charge in [-0.05, 0) is 43.2 Å². The average molecular weight is 558 g/mol. The number of amides is 1. The fraction of sp³-hybridized carbons (Fsp3) is 0.455. The largest absolute Gasteiger partial charge is 0.467 e. The Bertz CT molecular complexity index is 930. The molecule has 2 aromatic rings. The molecular weight excluding hydrogens is 530 g/mol. The van der Waals surface area contributed by atoms with Crippen LogP contribution < -0.4 is 10.1 Å². The normalized spacial score (nSPS) is 16.1. The van der Waals surface area contributed by atoms with Crippen LogP contribution in [0, 0.1) is 5.82 Å². The molecule has 1 saturated heterocycles. The number of fused-ring (bicyclic) bond motifs is 1. The van der Waals surface area contributed by atoms with E-state index in [-0.39, 0.29) is 42.5 Å². The third-order valence-electron chi connectivity index (χ3n) is 5.33. The first-order chi connectivity index (χ1) is 15.2. The number of piperazine rings is 1. The van der Waals surface area contributed by atoms with Gasteiger partial charge in [0.2, 0.25) is 0 Å². The van der Waals surface area contributed by atoms with Crippen LogP contribution in [0.25, 0.3) is 0 Å². The molecule has 3 heterocycles. The van der Waals surface area contributed by atoms with E-state index in [2.05, 4.69) is 10.2 Å². The monoisotopic (exact) mass is 558 g/mol. The van der Waals surface area contributed by atoms with E-state index in [1.807, 2.05) is 6.92 Å². The Morgan fingerprint density at radius 1 is 1.22 bits per heavy atom. The molecular formula is C22H28FIN4O4. The second kappa shape index (κ2) is 11.5. The highest BCUT2D eigenvalue weighted by molar-refractivity contribution is 14.0. The van der Waals surface area contributed by atoms with Gasteiger partial charge in [-0.3, -0.25) is 9.79 Å². The summed E-state index contributed by atoms with van der Waals surface area (Å²) in [7, 11) is 0. The SMILES string of the molecule is CCNC(=NCCc1cc(F)cc2c1OCOC2)N1CCN(C(=O)c2ccco2)CC1.I. The van der Waals surface area contributed by atoms with Crippen molar-refractivity contribution in [2.24, 2.45) is 4.99 Å². The molecule has 1 aromatic heterocycles. The molecule has 0 atom stereocenters. The molecule has 1 aromatic carbocycles. The number of aliphatic imine (C=N–C) groups is 1. The Hall–Kier alpha value is -2.34. The first-order valence-corrected chi connectivity index (χ1v) is 10.5. The standard InChI is InChI=1S/C22H27FN4O4.HI/c1-2-24-22(27-9-7-26(8-10-27)21(28)19-4-3-11-30-19)25-6-5-16-12-18(23)13-17-14-29-15-31-20(16)17;/h3-4,11-13H,2,5-10,14-15H2,1H3,(H,24,25);1H. The zero-order valence-corrected chi connectivity index (χ0v) is 20.3. The molecule has 2 aliphatic rings. The number of hydrogen-bond acceptors (Lipinski definition) is 5. The van der Waals surface area contributed by atoms with Gasteiger partial charge in [0.1, 0.15) is 11.6 Å². The Labute approximate surface area is 203 Å². The highest BCUT2D eigenvalue weighted by Crippen LogP contribution is 2.29. The molecule has 0 aliphatic carbocycles. The smallest absolute Gasteiger partial charge is 0.289 e. The molecule has 1 amide bonds. The number of halogens is 2. The van der Waals surface area contributed by atoms with Gasteiger partial charge in [-0.25, -0.2) is 4.39 Å². The van der Waals surface area contributed by atoms with Crippen LogP contribution in [0.5, 0.6) is 5.75 Å². The first-order valence-electron chi connectivity index (χ1n) is 10.5. The second-order valence-corrected chi connectivity index (χ2v) is 7.41. The minimum Gasteiger partial charge on any atom is -0.467 e. The fourth-order valence-electron chi connectivity index (χ4n) is 3.83. The average Bonchev–Trinajstić information content (AvgIpc) is 3.33. The predicted octanol–water partition coefficient (Wildman–Crippen LogP) is 2.87. The van der Waals surface area contributed by atoms with E-state index >= 15 is 0 Å². The van der Waals surface area contributed by atoms with Gasteiger partial charge in [0.25, 0.3) is 5.91 Å². The molecule has 1 fully saturated rings. The number of nitrogens with one attached hydrogen (secondary N) is 1. The number of carbonyl (C=O) groups is 1. The minimum absolute atomic E-state index is 0. The van der Waals surface area contributed by atoms with Crippen LogP contribution in [0.3, 0.4) is 0 Å². The molecule has 0 radical (unpaired) electrons. The van der Waals surface area contributed by atoms with Crippen LogP contribution >= 0.6 is 24.0 Å². The van der Waals surface area contributed by atoms with Crippen LogP contribution in [-0.2, 0) is 17.8 Å². The second-order valence-electron chi connectivity index (χ2n) is 7.41. The number of benzene rings is 1. The molecule has 10 heteroatoms. The van der Waals surface area contributed by atoms with E-state index in [9.17, 15) is 9.18 Å². The zero-order chi connectivity index (χ0) is 21.6. The van der Waals surface area contributed by atoms with Crippen molar-refractivity contribution in [2.45, 2.75) is 20.0 Å². The summed E-state index contributed by atoms with van der Waals surface area (Å²) in [5.74, 6) is 1.47. The molecule has 8 nitrogen and oxygen atoms in total. The number of nitrogens with zero attached hydrogens (tertiary/aromatic N) is 3. The molecule has 0 saturated carbocycles. The quantitative estimate of drug-likeness (QED) is 0.346. The molecule has 4 rings (SSSR count). The van der Waals surface area contributed by atoms with Gasteiger partial charge < -0.3 is 29.0 Å². The van der Waals surface area contributed by atoms with Gasteiger partial charge >= 0.3 is 0 Å². The van der Waals surface area contributed by atoms with Crippen LogP contribution in [0.2, 0.25) is 0 Å². The van der Waals surface area contributed by atoms with Gasteiger partial charge in [-0.1, -0.05) is 0 Å². The third-order valence-corrected chi connectivity index (χ3v) is 5.33. The van der Waals surface area contributed by atoms with E-state index in [0.717, 1.165) is 23.6 Å². The molecule has 174 valence electrons. The van der Waals surface area contributed by atoms with Crippen LogP contribution in [0.1, 0.15) is 28.6 Å². The number of ether oxygens (including phenoxy) is 2. The molecule has 0 unspecified atom stereocenters. The van der Waals surface area contributed by atoms with Crippen LogP contribution in [0.15, 0.2) is 39.9 Å². The first kappa shape index (κ1) is 24.3. The van der Waals surface area contributed by atoms with Crippen molar-refractivity contribution in [2.75, 3.05) is 46.1 Å². The summed E-state index contributed by atoms with van der Waals surface area (Å²) < 4.78 is 30.0. The van der Waals surface area contributed by atoms with Crippen molar-refractivity contribution in [3.05, 3.63) is 53.2 Å². The summed E-state index contributed by atoms with van der Waals surface area (Å²) >= 11 is 0. The maximum absolute atomic E-state index is 13.9. The van der Waals surface area contributed by atoms with Gasteiger partial charge in [0.05, 0.1) is 12.9 Å².